The Balaban J connectivity index is 0.00000289. The molecule has 0 unspecified atom stereocenters. The predicted molar refractivity (Wildman–Crippen MR) is 135 cm³/mol. The van der Waals surface area contributed by atoms with Gasteiger partial charge in [-0.2, -0.15) is 0 Å². The molecule has 2 aromatic heterocycles. The molecule has 6 heteroatoms. The van der Waals surface area contributed by atoms with Crippen molar-refractivity contribution in [1.29, 1.82) is 0 Å². The molecule has 2 heterocycles. The molecule has 5 rings (SSSR count). The summed E-state index contributed by atoms with van der Waals surface area (Å²) < 4.78 is 9.79. The van der Waals surface area contributed by atoms with E-state index in [0.29, 0.717) is 12.1 Å². The number of para-hydroxylation sites is 2. The lowest BCUT2D eigenvalue weighted by molar-refractivity contribution is -0.663. The average Bonchev–Trinajstić information content (AvgIpc) is 3.16. The predicted octanol–water partition coefficient (Wildman–Crippen LogP) is 2.38. The topological polar surface area (TPSA) is 59.2 Å². The fourth-order valence-electron chi connectivity index (χ4n) is 5.01. The average molecular weight is 489 g/mol. The van der Waals surface area contributed by atoms with Gasteiger partial charge in [-0.15, -0.1) is 0 Å². The number of hydrogen-bond acceptors (Lipinski definition) is 3. The van der Waals surface area contributed by atoms with Gasteiger partial charge in [0, 0.05) is 23.1 Å². The highest BCUT2D eigenvalue weighted by Crippen LogP contribution is 2.28. The molecule has 3 aromatic carbocycles. The summed E-state index contributed by atoms with van der Waals surface area (Å²) in [6, 6.07) is 14.8. The Bertz CT molecular complexity index is 1620. The number of phenolic OH excluding ortho intramolecular Hbond substituents is 1. The fraction of sp³-hybridized carbons (Fsp3) is 0.241. The van der Waals surface area contributed by atoms with Crippen LogP contribution in [0.15, 0.2) is 64.1 Å². The molecular formula is C29H29ClN2O3. The van der Waals surface area contributed by atoms with E-state index < -0.39 is 5.63 Å². The lowest BCUT2D eigenvalue weighted by Crippen LogP contribution is -3.00. The molecule has 5 nitrogen and oxygen atoms in total. The number of aromatic nitrogens is 2. The molecule has 0 bridgehead atoms. The first-order chi connectivity index (χ1) is 16.2. The van der Waals surface area contributed by atoms with E-state index in [4.69, 9.17) is 4.42 Å². The zero-order chi connectivity index (χ0) is 24.1. The van der Waals surface area contributed by atoms with Crippen LogP contribution in [-0.2, 0) is 13.1 Å². The first-order valence-electron chi connectivity index (χ1n) is 11.5. The van der Waals surface area contributed by atoms with Crippen LogP contribution in [0.3, 0.4) is 0 Å². The van der Waals surface area contributed by atoms with Gasteiger partial charge in [0.1, 0.15) is 24.4 Å². The number of aromatic hydroxyl groups is 1. The van der Waals surface area contributed by atoms with Crippen molar-refractivity contribution in [1.82, 2.24) is 4.57 Å². The third-order valence-electron chi connectivity index (χ3n) is 7.42. The molecule has 0 amide bonds. The van der Waals surface area contributed by atoms with Crippen LogP contribution < -0.4 is 22.6 Å². The Hall–Kier alpha value is -3.57. The van der Waals surface area contributed by atoms with Gasteiger partial charge in [0.15, 0.2) is 11.0 Å². The summed E-state index contributed by atoms with van der Waals surface area (Å²) in [7, 11) is 0. The molecule has 0 fully saturated rings. The molecule has 5 aromatic rings. The number of phenols is 1. The Labute approximate surface area is 210 Å². The number of fused-ring (bicyclic) bond motifs is 2. The standard InChI is InChI=1S/C29H28N2O3.ClH/c1-17-18(2)20(4)25(21(5)19(17)3)15-31-16-30(26-8-6-7-9-27(26)31)14-22-12-29(33)34-28-13-23(32)10-11-24(22)28;/h6-13,16H,14-15H2,1-5H3;1H. The molecule has 0 aliphatic carbocycles. The Kier molecular flexibility index (Phi) is 6.48. The Morgan fingerprint density at radius 1 is 0.886 bits per heavy atom. The number of rotatable bonds is 4. The quantitative estimate of drug-likeness (QED) is 0.312. The largest absolute Gasteiger partial charge is 1.00 e. The lowest BCUT2D eigenvalue weighted by Gasteiger charge is -2.17. The molecule has 0 aliphatic heterocycles. The molecular weight excluding hydrogens is 460 g/mol. The van der Waals surface area contributed by atoms with Gasteiger partial charge in [-0.05, 0) is 92.3 Å². The van der Waals surface area contributed by atoms with Crippen molar-refractivity contribution in [3.8, 4) is 5.75 Å². The number of halogens is 1. The molecule has 180 valence electrons. The Morgan fingerprint density at radius 3 is 2.26 bits per heavy atom. The van der Waals surface area contributed by atoms with Crippen LogP contribution >= 0.6 is 0 Å². The number of hydrogen-bond donors (Lipinski definition) is 1. The second-order valence-corrected chi connectivity index (χ2v) is 9.23. The van der Waals surface area contributed by atoms with E-state index in [1.54, 1.807) is 18.2 Å². The molecule has 0 radical (unpaired) electrons. The van der Waals surface area contributed by atoms with Gasteiger partial charge in [0.2, 0.25) is 6.33 Å². The van der Waals surface area contributed by atoms with Crippen LogP contribution in [0.4, 0.5) is 0 Å². The van der Waals surface area contributed by atoms with E-state index in [1.807, 2.05) is 6.07 Å². The summed E-state index contributed by atoms with van der Waals surface area (Å²) in [5.74, 6) is 0.0754. The van der Waals surface area contributed by atoms with Gasteiger partial charge in [0.25, 0.3) is 0 Å². The second kappa shape index (κ2) is 9.23. The highest BCUT2D eigenvalue weighted by atomic mass is 35.5. The van der Waals surface area contributed by atoms with E-state index in [2.05, 4.69) is 68.3 Å². The maximum absolute atomic E-state index is 12.2. The van der Waals surface area contributed by atoms with E-state index in [1.165, 1.54) is 39.4 Å². The SMILES string of the molecule is Cc1c(C)c(C)c(Cn2c[n+](Cc3cc(=O)oc4cc(O)ccc34)c3ccccc32)c(C)c1C.[Cl-]. The van der Waals surface area contributed by atoms with Gasteiger partial charge < -0.3 is 21.9 Å². The lowest BCUT2D eigenvalue weighted by atomic mass is 9.89. The van der Waals surface area contributed by atoms with Gasteiger partial charge in [-0.3, -0.25) is 0 Å². The minimum atomic E-state index is -0.422. The van der Waals surface area contributed by atoms with Crippen LogP contribution in [0.2, 0.25) is 0 Å². The third kappa shape index (κ3) is 4.21. The summed E-state index contributed by atoms with van der Waals surface area (Å²) in [5, 5.41) is 10.6. The number of nitrogens with zero attached hydrogens (tertiary/aromatic N) is 2. The Morgan fingerprint density at radius 2 is 1.54 bits per heavy atom. The second-order valence-electron chi connectivity index (χ2n) is 9.23. The first kappa shape index (κ1) is 24.6. The first-order valence-corrected chi connectivity index (χ1v) is 11.5. The van der Waals surface area contributed by atoms with Crippen LogP contribution in [0.1, 0.15) is 38.9 Å². The zero-order valence-electron chi connectivity index (χ0n) is 20.6. The summed E-state index contributed by atoms with van der Waals surface area (Å²) in [6.07, 6.45) is 2.13. The molecule has 0 spiro atoms. The molecule has 0 aliphatic rings. The maximum Gasteiger partial charge on any atom is 0.336 e. The van der Waals surface area contributed by atoms with Crippen LogP contribution in [0.5, 0.6) is 5.75 Å². The molecule has 0 atom stereocenters. The highest BCUT2D eigenvalue weighted by molar-refractivity contribution is 5.81. The summed E-state index contributed by atoms with van der Waals surface area (Å²) in [5.41, 5.74) is 11.2. The zero-order valence-corrected chi connectivity index (χ0v) is 21.4. The van der Waals surface area contributed by atoms with Crippen molar-refractivity contribution >= 4 is 22.0 Å². The van der Waals surface area contributed by atoms with Crippen molar-refractivity contribution in [3.63, 3.8) is 0 Å². The summed E-state index contributed by atoms with van der Waals surface area (Å²) in [4.78, 5) is 12.2. The van der Waals surface area contributed by atoms with Gasteiger partial charge in [0.05, 0.1) is 0 Å². The molecule has 0 saturated heterocycles. The summed E-state index contributed by atoms with van der Waals surface area (Å²) in [6.45, 7) is 12.3. The maximum atomic E-state index is 12.2. The molecule has 1 N–H and O–H groups in total. The van der Waals surface area contributed by atoms with Gasteiger partial charge in [-0.1, -0.05) is 12.1 Å². The van der Waals surface area contributed by atoms with Crippen LogP contribution in [0, 0.1) is 34.6 Å². The fourth-order valence-corrected chi connectivity index (χ4v) is 5.01. The monoisotopic (exact) mass is 488 g/mol. The smallest absolute Gasteiger partial charge is 0.336 e. The molecule has 0 saturated carbocycles. The van der Waals surface area contributed by atoms with Crippen LogP contribution in [-0.4, -0.2) is 9.67 Å². The van der Waals surface area contributed by atoms with Crippen molar-refractivity contribution in [2.75, 3.05) is 0 Å². The summed E-state index contributed by atoms with van der Waals surface area (Å²) >= 11 is 0. The minimum Gasteiger partial charge on any atom is -1.00 e. The van der Waals surface area contributed by atoms with Gasteiger partial charge in [-0.25, -0.2) is 13.9 Å². The number of benzene rings is 3. The van der Waals surface area contributed by atoms with Crippen molar-refractivity contribution < 1.29 is 26.5 Å². The highest BCUT2D eigenvalue weighted by Gasteiger charge is 2.20. The van der Waals surface area contributed by atoms with E-state index in [9.17, 15) is 9.90 Å². The van der Waals surface area contributed by atoms with E-state index >= 15 is 0 Å². The van der Waals surface area contributed by atoms with E-state index in [-0.39, 0.29) is 18.2 Å². The number of imidazole rings is 1. The molecule has 35 heavy (non-hydrogen) atoms. The van der Waals surface area contributed by atoms with Gasteiger partial charge >= 0.3 is 5.63 Å². The van der Waals surface area contributed by atoms with Crippen LogP contribution in [0.25, 0.3) is 22.0 Å². The third-order valence-corrected chi connectivity index (χ3v) is 7.42. The normalized spacial score (nSPS) is 11.2. The van der Waals surface area contributed by atoms with Crippen molar-refractivity contribution in [3.05, 3.63) is 104 Å². The van der Waals surface area contributed by atoms with Crippen molar-refractivity contribution in [2.24, 2.45) is 0 Å². The van der Waals surface area contributed by atoms with Crippen molar-refractivity contribution in [2.45, 2.75) is 47.7 Å². The van der Waals surface area contributed by atoms with E-state index in [0.717, 1.165) is 28.5 Å². The minimum absolute atomic E-state index is 0.